The molecule has 0 radical (unpaired) electrons. The van der Waals surface area contributed by atoms with Crippen LogP contribution in [-0.2, 0) is 0 Å². The van der Waals surface area contributed by atoms with Crippen LogP contribution < -0.4 is 11.1 Å². The second-order valence-electron chi connectivity index (χ2n) is 4.50. The molecule has 1 fully saturated rings. The summed E-state index contributed by atoms with van der Waals surface area (Å²) in [6.07, 6.45) is 5.70. The average molecular weight is 222 g/mol. The molecule has 2 rings (SSSR count). The highest BCUT2D eigenvalue weighted by atomic mass is 16.3. The van der Waals surface area contributed by atoms with Crippen molar-refractivity contribution in [1.82, 2.24) is 9.97 Å². The number of nitrogen functional groups attached to an aromatic ring is 1. The Bertz CT molecular complexity index is 374. The number of hydrogen-bond acceptors (Lipinski definition) is 5. The fourth-order valence-electron chi connectivity index (χ4n) is 2.22. The minimum absolute atomic E-state index is 0.135. The second kappa shape index (κ2) is 4.25. The summed E-state index contributed by atoms with van der Waals surface area (Å²) in [7, 11) is 0. The van der Waals surface area contributed by atoms with Crippen LogP contribution in [0.2, 0.25) is 0 Å². The average Bonchev–Trinajstić information content (AvgIpc) is 2.74. The molecule has 0 aromatic carbocycles. The van der Waals surface area contributed by atoms with Crippen molar-refractivity contribution in [1.29, 1.82) is 0 Å². The molecule has 5 nitrogen and oxygen atoms in total. The quantitative estimate of drug-likeness (QED) is 0.712. The Kier molecular flexibility index (Phi) is 2.96. The molecule has 4 N–H and O–H groups in total. The Morgan fingerprint density at radius 3 is 2.75 bits per heavy atom. The van der Waals surface area contributed by atoms with E-state index in [1.807, 2.05) is 6.92 Å². The zero-order chi connectivity index (χ0) is 11.6. The van der Waals surface area contributed by atoms with Crippen molar-refractivity contribution in [3.05, 3.63) is 11.9 Å². The number of nitrogens with zero attached hydrogens (tertiary/aromatic N) is 2. The molecule has 0 bridgehead atoms. The first kappa shape index (κ1) is 11.1. The van der Waals surface area contributed by atoms with Gasteiger partial charge in [0.1, 0.15) is 18.0 Å². The van der Waals surface area contributed by atoms with Crippen molar-refractivity contribution in [2.75, 3.05) is 17.7 Å². The molecule has 1 aromatic heterocycles. The van der Waals surface area contributed by atoms with Gasteiger partial charge in [-0.1, -0.05) is 12.8 Å². The van der Waals surface area contributed by atoms with E-state index in [2.05, 4.69) is 15.3 Å². The molecular formula is C11H18N4O. The molecule has 16 heavy (non-hydrogen) atoms. The summed E-state index contributed by atoms with van der Waals surface area (Å²) in [5, 5.41) is 12.8. The van der Waals surface area contributed by atoms with E-state index < -0.39 is 0 Å². The number of anilines is 2. The summed E-state index contributed by atoms with van der Waals surface area (Å²) in [4.78, 5) is 8.11. The minimum Gasteiger partial charge on any atom is -0.394 e. The number of aliphatic hydroxyl groups excluding tert-OH is 1. The molecule has 0 saturated heterocycles. The highest BCUT2D eigenvalue weighted by Crippen LogP contribution is 2.33. The fourth-order valence-corrected chi connectivity index (χ4v) is 2.22. The molecule has 88 valence electrons. The molecule has 0 unspecified atom stereocenters. The maximum absolute atomic E-state index is 9.50. The summed E-state index contributed by atoms with van der Waals surface area (Å²) in [6.45, 7) is 2.02. The Labute approximate surface area is 95.1 Å². The van der Waals surface area contributed by atoms with Gasteiger partial charge in [-0.25, -0.2) is 9.97 Å². The van der Waals surface area contributed by atoms with Crippen LogP contribution in [0.5, 0.6) is 0 Å². The third-order valence-corrected chi connectivity index (χ3v) is 3.37. The van der Waals surface area contributed by atoms with E-state index >= 15 is 0 Å². The highest BCUT2D eigenvalue weighted by molar-refractivity contribution is 5.55. The molecule has 1 aliphatic carbocycles. The molecule has 1 heterocycles. The maximum Gasteiger partial charge on any atom is 0.134 e. The van der Waals surface area contributed by atoms with Crippen molar-refractivity contribution in [2.24, 2.45) is 0 Å². The summed E-state index contributed by atoms with van der Waals surface area (Å²) in [6, 6.07) is 0. The van der Waals surface area contributed by atoms with E-state index in [9.17, 15) is 5.11 Å². The Balaban J connectivity index is 2.22. The largest absolute Gasteiger partial charge is 0.394 e. The first-order valence-electron chi connectivity index (χ1n) is 5.63. The summed E-state index contributed by atoms with van der Waals surface area (Å²) in [5.41, 5.74) is 6.36. The van der Waals surface area contributed by atoms with Gasteiger partial charge in [0, 0.05) is 5.56 Å². The zero-order valence-corrected chi connectivity index (χ0v) is 9.53. The SMILES string of the molecule is Cc1c(N)ncnc1NC1(CO)CCCC1. The Morgan fingerprint density at radius 2 is 2.12 bits per heavy atom. The molecule has 1 aromatic rings. The van der Waals surface area contributed by atoms with Crippen molar-refractivity contribution >= 4 is 11.6 Å². The molecule has 5 heteroatoms. The van der Waals surface area contributed by atoms with Crippen LogP contribution in [0.3, 0.4) is 0 Å². The van der Waals surface area contributed by atoms with Gasteiger partial charge < -0.3 is 16.2 Å². The van der Waals surface area contributed by atoms with Gasteiger partial charge in [0.2, 0.25) is 0 Å². The molecule has 0 spiro atoms. The smallest absolute Gasteiger partial charge is 0.134 e. The Hall–Kier alpha value is -1.36. The van der Waals surface area contributed by atoms with Gasteiger partial charge in [0.05, 0.1) is 12.1 Å². The van der Waals surface area contributed by atoms with Gasteiger partial charge >= 0.3 is 0 Å². The lowest BCUT2D eigenvalue weighted by molar-refractivity contribution is 0.213. The molecule has 1 aliphatic rings. The number of aliphatic hydroxyl groups is 1. The summed E-state index contributed by atoms with van der Waals surface area (Å²) < 4.78 is 0. The van der Waals surface area contributed by atoms with Crippen LogP contribution >= 0.6 is 0 Å². The van der Waals surface area contributed by atoms with Crippen molar-refractivity contribution < 1.29 is 5.11 Å². The van der Waals surface area contributed by atoms with E-state index in [0.29, 0.717) is 5.82 Å². The molecule has 1 saturated carbocycles. The van der Waals surface area contributed by atoms with Crippen LogP contribution in [0, 0.1) is 6.92 Å². The number of hydrogen-bond donors (Lipinski definition) is 3. The van der Waals surface area contributed by atoms with Gasteiger partial charge in [0.15, 0.2) is 0 Å². The second-order valence-corrected chi connectivity index (χ2v) is 4.50. The monoisotopic (exact) mass is 222 g/mol. The normalized spacial score (nSPS) is 18.6. The van der Waals surface area contributed by atoms with Gasteiger partial charge in [0.25, 0.3) is 0 Å². The predicted octanol–water partition coefficient (Wildman–Crippen LogP) is 1.08. The zero-order valence-electron chi connectivity index (χ0n) is 9.53. The predicted molar refractivity (Wildman–Crippen MR) is 63.1 cm³/mol. The van der Waals surface area contributed by atoms with E-state index in [0.717, 1.165) is 37.1 Å². The summed E-state index contributed by atoms with van der Waals surface area (Å²) >= 11 is 0. The van der Waals surface area contributed by atoms with Crippen molar-refractivity contribution in [3.8, 4) is 0 Å². The molecule has 0 aliphatic heterocycles. The molecular weight excluding hydrogens is 204 g/mol. The topological polar surface area (TPSA) is 84.1 Å². The van der Waals surface area contributed by atoms with Crippen molar-refractivity contribution in [3.63, 3.8) is 0 Å². The van der Waals surface area contributed by atoms with Gasteiger partial charge in [-0.15, -0.1) is 0 Å². The van der Waals surface area contributed by atoms with E-state index in [-0.39, 0.29) is 12.1 Å². The number of nitrogens with one attached hydrogen (secondary N) is 1. The van der Waals surface area contributed by atoms with Crippen LogP contribution in [0.1, 0.15) is 31.2 Å². The highest BCUT2D eigenvalue weighted by Gasteiger charge is 2.33. The molecule has 0 atom stereocenters. The van der Waals surface area contributed by atoms with Crippen LogP contribution in [-0.4, -0.2) is 27.2 Å². The third kappa shape index (κ3) is 1.95. The number of aromatic nitrogens is 2. The van der Waals surface area contributed by atoms with E-state index in [1.54, 1.807) is 0 Å². The lowest BCUT2D eigenvalue weighted by Crippen LogP contribution is -2.39. The van der Waals surface area contributed by atoms with Gasteiger partial charge in [-0.2, -0.15) is 0 Å². The Morgan fingerprint density at radius 1 is 1.44 bits per heavy atom. The fraction of sp³-hybridized carbons (Fsp3) is 0.636. The lowest BCUT2D eigenvalue weighted by Gasteiger charge is -2.29. The lowest BCUT2D eigenvalue weighted by atomic mass is 9.99. The first-order chi connectivity index (χ1) is 7.67. The number of rotatable bonds is 3. The van der Waals surface area contributed by atoms with Gasteiger partial charge in [-0.3, -0.25) is 0 Å². The first-order valence-corrected chi connectivity index (χ1v) is 5.63. The van der Waals surface area contributed by atoms with Crippen LogP contribution in [0.15, 0.2) is 6.33 Å². The molecule has 0 amide bonds. The van der Waals surface area contributed by atoms with E-state index in [1.165, 1.54) is 6.33 Å². The van der Waals surface area contributed by atoms with Crippen LogP contribution in [0.4, 0.5) is 11.6 Å². The summed E-state index contributed by atoms with van der Waals surface area (Å²) in [5.74, 6) is 1.23. The maximum atomic E-state index is 9.50. The standard InChI is InChI=1S/C11H18N4O/c1-8-9(12)13-7-14-10(8)15-11(6-16)4-2-3-5-11/h7,16H,2-6H2,1H3,(H3,12,13,14,15). The minimum atomic E-state index is -0.217. The van der Waals surface area contributed by atoms with Crippen LogP contribution in [0.25, 0.3) is 0 Å². The third-order valence-electron chi connectivity index (χ3n) is 3.37. The van der Waals surface area contributed by atoms with E-state index in [4.69, 9.17) is 5.73 Å². The van der Waals surface area contributed by atoms with Gasteiger partial charge in [-0.05, 0) is 19.8 Å². The number of nitrogens with two attached hydrogens (primary N) is 1. The van der Waals surface area contributed by atoms with Crippen molar-refractivity contribution in [2.45, 2.75) is 38.1 Å².